The van der Waals surface area contributed by atoms with Crippen LogP contribution in [0.15, 0.2) is 23.2 Å². The minimum Gasteiger partial charge on any atom is -0.462 e. The summed E-state index contributed by atoms with van der Waals surface area (Å²) in [5.41, 5.74) is 10.4. The highest BCUT2D eigenvalue weighted by atomic mass is 19.1. The summed E-state index contributed by atoms with van der Waals surface area (Å²) < 4.78 is 32.7. The molecule has 1 heterocycles. The summed E-state index contributed by atoms with van der Waals surface area (Å²) in [5.74, 6) is -0.697. The van der Waals surface area contributed by atoms with Gasteiger partial charge in [-0.2, -0.15) is 0 Å². The van der Waals surface area contributed by atoms with Crippen molar-refractivity contribution in [3.63, 3.8) is 0 Å². The van der Waals surface area contributed by atoms with Crippen molar-refractivity contribution < 1.29 is 13.5 Å². The second-order valence-electron chi connectivity index (χ2n) is 4.75. The van der Waals surface area contributed by atoms with Crippen LogP contribution in [0.25, 0.3) is 0 Å². The first kappa shape index (κ1) is 11.3. The highest BCUT2D eigenvalue weighted by Crippen LogP contribution is 2.53. The zero-order valence-electron chi connectivity index (χ0n) is 9.57. The largest absolute Gasteiger partial charge is 0.462 e. The maximum Gasteiger partial charge on any atom is 0.283 e. The van der Waals surface area contributed by atoms with Gasteiger partial charge in [0.2, 0.25) is 0 Å². The van der Waals surface area contributed by atoms with Crippen molar-refractivity contribution in [3.8, 4) is 0 Å². The molecule has 4 N–H and O–H groups in total. The lowest BCUT2D eigenvalue weighted by molar-refractivity contribution is 0.168. The molecule has 0 saturated heterocycles. The number of nitrogen functional groups attached to an aromatic ring is 1. The number of aliphatic imine (C=N–C) groups is 1. The van der Waals surface area contributed by atoms with Crippen molar-refractivity contribution in [2.24, 2.45) is 16.6 Å². The molecule has 0 aromatic heterocycles. The maximum atomic E-state index is 13.9. The topological polar surface area (TPSA) is 73.6 Å². The number of halogens is 2. The van der Waals surface area contributed by atoms with Crippen LogP contribution in [0.4, 0.5) is 14.5 Å². The number of hydrogen-bond acceptors (Lipinski definition) is 4. The molecule has 0 amide bonds. The molecule has 3 rings (SSSR count). The van der Waals surface area contributed by atoms with Crippen LogP contribution >= 0.6 is 0 Å². The van der Waals surface area contributed by atoms with Crippen LogP contribution in [0.1, 0.15) is 12.0 Å². The fourth-order valence-electron chi connectivity index (χ4n) is 2.60. The van der Waals surface area contributed by atoms with Gasteiger partial charge in [-0.15, -0.1) is 0 Å². The molecule has 6 heteroatoms. The van der Waals surface area contributed by atoms with Gasteiger partial charge in [-0.1, -0.05) is 0 Å². The second kappa shape index (κ2) is 3.57. The van der Waals surface area contributed by atoms with Crippen molar-refractivity contribution in [1.29, 1.82) is 0 Å². The molecule has 0 bridgehead atoms. The van der Waals surface area contributed by atoms with Gasteiger partial charge in [0.1, 0.15) is 24.1 Å². The number of alkyl halides is 1. The number of benzene rings is 1. The van der Waals surface area contributed by atoms with E-state index < -0.39 is 18.0 Å². The van der Waals surface area contributed by atoms with Gasteiger partial charge < -0.3 is 16.2 Å². The van der Waals surface area contributed by atoms with Gasteiger partial charge in [0, 0.05) is 17.2 Å². The van der Waals surface area contributed by atoms with E-state index >= 15 is 0 Å². The molecule has 4 nitrogen and oxygen atoms in total. The monoisotopic (exact) mass is 253 g/mol. The van der Waals surface area contributed by atoms with Crippen LogP contribution in [-0.4, -0.2) is 18.8 Å². The Morgan fingerprint density at radius 2 is 2.22 bits per heavy atom. The molecule has 0 radical (unpaired) electrons. The standard InChI is InChI=1S/C12H13F2N3O/c13-5-12(7-3-6(15)1-2-9(7)14)8-4-10(8)18-11(16)17-12/h1-3,8,10H,4-5,15H2,(H2,16,17)/t8-,10+,12+/m0/s1. The SMILES string of the molecule is NC1=N[C@](CF)(c2cc(N)ccc2F)[C@H]2C[C@H]2O1. The molecule has 1 aliphatic heterocycles. The fraction of sp³-hybridized carbons (Fsp3) is 0.417. The van der Waals surface area contributed by atoms with Crippen LogP contribution < -0.4 is 11.5 Å². The molecule has 96 valence electrons. The fourth-order valence-corrected chi connectivity index (χ4v) is 2.60. The Hall–Kier alpha value is -1.85. The molecule has 18 heavy (non-hydrogen) atoms. The molecule has 1 aliphatic carbocycles. The Bertz CT molecular complexity index is 534. The number of hydrogen-bond donors (Lipinski definition) is 2. The maximum absolute atomic E-state index is 13.9. The summed E-state index contributed by atoms with van der Waals surface area (Å²) in [7, 11) is 0. The van der Waals surface area contributed by atoms with Crippen molar-refractivity contribution in [2.45, 2.75) is 18.1 Å². The summed E-state index contributed by atoms with van der Waals surface area (Å²) in [5, 5.41) is 0. The van der Waals surface area contributed by atoms with Crippen LogP contribution in [-0.2, 0) is 10.3 Å². The van der Waals surface area contributed by atoms with E-state index in [1.165, 1.54) is 18.2 Å². The summed E-state index contributed by atoms with van der Waals surface area (Å²) in [6.45, 7) is -0.821. The van der Waals surface area contributed by atoms with Gasteiger partial charge in [0.25, 0.3) is 6.02 Å². The molecular formula is C12H13F2N3O. The number of nitrogens with zero attached hydrogens (tertiary/aromatic N) is 1. The number of ether oxygens (including phenoxy) is 1. The van der Waals surface area contributed by atoms with E-state index in [0.717, 1.165) is 0 Å². The first-order valence-electron chi connectivity index (χ1n) is 5.70. The van der Waals surface area contributed by atoms with Crippen LogP contribution in [0.2, 0.25) is 0 Å². The average molecular weight is 253 g/mol. The van der Waals surface area contributed by atoms with Crippen LogP contribution in [0.5, 0.6) is 0 Å². The number of amidine groups is 1. The smallest absolute Gasteiger partial charge is 0.283 e. The van der Waals surface area contributed by atoms with E-state index in [2.05, 4.69) is 4.99 Å². The molecular weight excluding hydrogens is 240 g/mol. The van der Waals surface area contributed by atoms with Crippen molar-refractivity contribution in [2.75, 3.05) is 12.4 Å². The highest BCUT2D eigenvalue weighted by Gasteiger charge is 2.59. The van der Waals surface area contributed by atoms with Gasteiger partial charge in [-0.05, 0) is 24.6 Å². The average Bonchev–Trinajstić information content (AvgIpc) is 3.10. The lowest BCUT2D eigenvalue weighted by atomic mass is 9.85. The predicted octanol–water partition coefficient (Wildman–Crippen LogP) is 1.31. The molecule has 0 unspecified atom stereocenters. The van der Waals surface area contributed by atoms with E-state index in [1.807, 2.05) is 0 Å². The van der Waals surface area contributed by atoms with Crippen molar-refractivity contribution >= 4 is 11.7 Å². The Morgan fingerprint density at radius 3 is 2.94 bits per heavy atom. The molecule has 1 fully saturated rings. The molecule has 1 aromatic rings. The lowest BCUT2D eigenvalue weighted by Gasteiger charge is -2.31. The highest BCUT2D eigenvalue weighted by molar-refractivity contribution is 5.74. The van der Waals surface area contributed by atoms with Crippen molar-refractivity contribution in [3.05, 3.63) is 29.6 Å². The minimum absolute atomic E-state index is 0.0896. The third kappa shape index (κ3) is 1.45. The molecule has 0 spiro atoms. The lowest BCUT2D eigenvalue weighted by Crippen LogP contribution is -2.39. The summed E-state index contributed by atoms with van der Waals surface area (Å²) in [6.07, 6.45) is 0.460. The Morgan fingerprint density at radius 1 is 1.44 bits per heavy atom. The minimum atomic E-state index is -1.29. The number of nitrogens with two attached hydrogens (primary N) is 2. The van der Waals surface area contributed by atoms with E-state index in [-0.39, 0.29) is 23.6 Å². The third-order valence-electron chi connectivity index (χ3n) is 3.59. The van der Waals surface area contributed by atoms with Crippen LogP contribution in [0.3, 0.4) is 0 Å². The molecule has 2 aliphatic rings. The quantitative estimate of drug-likeness (QED) is 0.780. The van der Waals surface area contributed by atoms with Crippen molar-refractivity contribution in [1.82, 2.24) is 0 Å². The van der Waals surface area contributed by atoms with E-state index in [4.69, 9.17) is 16.2 Å². The van der Waals surface area contributed by atoms with E-state index in [0.29, 0.717) is 12.1 Å². The zero-order chi connectivity index (χ0) is 12.9. The van der Waals surface area contributed by atoms with Gasteiger partial charge in [-0.25, -0.2) is 13.8 Å². The summed E-state index contributed by atoms with van der Waals surface area (Å²) in [4.78, 5) is 4.03. The van der Waals surface area contributed by atoms with Crippen LogP contribution in [0, 0.1) is 11.7 Å². The van der Waals surface area contributed by atoms with Gasteiger partial charge in [0.15, 0.2) is 0 Å². The number of anilines is 1. The zero-order valence-corrected chi connectivity index (χ0v) is 9.57. The van der Waals surface area contributed by atoms with Gasteiger partial charge in [0.05, 0.1) is 0 Å². The molecule has 3 atom stereocenters. The number of rotatable bonds is 2. The van der Waals surface area contributed by atoms with Gasteiger partial charge in [-0.3, -0.25) is 0 Å². The third-order valence-corrected chi connectivity index (χ3v) is 3.59. The normalized spacial score (nSPS) is 33.3. The van der Waals surface area contributed by atoms with E-state index in [9.17, 15) is 8.78 Å². The Labute approximate surface area is 103 Å². The molecule has 1 aromatic carbocycles. The van der Waals surface area contributed by atoms with E-state index in [1.54, 1.807) is 0 Å². The predicted molar refractivity (Wildman–Crippen MR) is 63.1 cm³/mol. The first-order chi connectivity index (χ1) is 8.56. The second-order valence-corrected chi connectivity index (χ2v) is 4.75. The number of fused-ring (bicyclic) bond motifs is 1. The molecule has 1 saturated carbocycles. The Balaban J connectivity index is 2.16. The Kier molecular flexibility index (Phi) is 2.23. The summed E-state index contributed by atoms with van der Waals surface area (Å²) in [6, 6.07) is 3.99. The first-order valence-corrected chi connectivity index (χ1v) is 5.70. The van der Waals surface area contributed by atoms with Gasteiger partial charge >= 0.3 is 0 Å². The summed E-state index contributed by atoms with van der Waals surface area (Å²) >= 11 is 0.